The number of furan rings is 1. The molecule has 222 valence electrons. The number of ketones is 1. The number of ether oxygens (including phenoxy) is 2. The lowest BCUT2D eigenvalue weighted by atomic mass is 9.91. The van der Waals surface area contributed by atoms with Crippen LogP contribution in [0.2, 0.25) is 0 Å². The number of carbonyl (C=O) groups is 3. The van der Waals surface area contributed by atoms with E-state index in [4.69, 9.17) is 19.0 Å². The van der Waals surface area contributed by atoms with Crippen LogP contribution in [0.4, 0.5) is 4.79 Å². The van der Waals surface area contributed by atoms with Crippen molar-refractivity contribution in [1.82, 2.24) is 4.90 Å². The molecule has 0 saturated carbocycles. The Morgan fingerprint density at radius 1 is 0.977 bits per heavy atom. The van der Waals surface area contributed by atoms with Crippen molar-refractivity contribution < 1.29 is 33.4 Å². The number of carbonyl (C=O) groups excluding carboxylic acids is 3. The molecule has 0 aliphatic carbocycles. The number of nitrogens with zero attached hydrogens (tertiary/aromatic N) is 1. The van der Waals surface area contributed by atoms with Crippen LogP contribution >= 0.6 is 0 Å². The second kappa shape index (κ2) is 14.1. The highest BCUT2D eigenvalue weighted by Crippen LogP contribution is 2.34. The van der Waals surface area contributed by atoms with E-state index in [1.54, 1.807) is 6.07 Å². The Labute approximate surface area is 250 Å². The van der Waals surface area contributed by atoms with Crippen molar-refractivity contribution in [3.8, 4) is 11.1 Å². The molecule has 8 nitrogen and oxygen atoms in total. The largest absolute Gasteiger partial charge is 0.457 e. The molecule has 2 heterocycles. The average molecular weight is 582 g/mol. The number of aliphatic hydroxyl groups excluding tert-OH is 1. The van der Waals surface area contributed by atoms with Crippen molar-refractivity contribution in [2.75, 3.05) is 26.4 Å². The van der Waals surface area contributed by atoms with Gasteiger partial charge in [0.15, 0.2) is 5.76 Å². The minimum Gasteiger partial charge on any atom is -0.457 e. The molecule has 0 spiro atoms. The molecule has 43 heavy (non-hydrogen) atoms. The summed E-state index contributed by atoms with van der Waals surface area (Å²) in [6.07, 6.45) is 0.431. The first-order chi connectivity index (χ1) is 21.0. The zero-order valence-corrected chi connectivity index (χ0v) is 24.1. The monoisotopic (exact) mass is 581 g/mol. The van der Waals surface area contributed by atoms with Gasteiger partial charge in [-0.1, -0.05) is 90.5 Å². The van der Waals surface area contributed by atoms with E-state index in [1.165, 1.54) is 0 Å². The lowest BCUT2D eigenvalue weighted by molar-refractivity contribution is -0.132. The van der Waals surface area contributed by atoms with Crippen LogP contribution in [0, 0.1) is 12.8 Å². The molecule has 2 atom stereocenters. The second-order valence-corrected chi connectivity index (χ2v) is 10.6. The van der Waals surface area contributed by atoms with Gasteiger partial charge in [-0.25, -0.2) is 9.69 Å². The van der Waals surface area contributed by atoms with E-state index in [2.05, 4.69) is 0 Å². The molecule has 2 amide bonds. The fraction of sp³-hybridized carbons (Fsp3) is 0.286. The van der Waals surface area contributed by atoms with Gasteiger partial charge in [-0.3, -0.25) is 9.59 Å². The van der Waals surface area contributed by atoms with Crippen molar-refractivity contribution >= 4 is 17.8 Å². The number of amides is 2. The SMILES string of the molecule is Cc1cccc(-c2cc(C(=O)[C@@H](Cc3ccccc3)C(=O)N3C(=O)OC[C@@H]3c3ccccc3)oc2CCCOCCO)c1. The summed E-state index contributed by atoms with van der Waals surface area (Å²) >= 11 is 0. The van der Waals surface area contributed by atoms with Gasteiger partial charge in [-0.2, -0.15) is 0 Å². The summed E-state index contributed by atoms with van der Waals surface area (Å²) in [4.78, 5) is 42.4. The molecule has 0 unspecified atom stereocenters. The second-order valence-electron chi connectivity index (χ2n) is 10.6. The molecular weight excluding hydrogens is 546 g/mol. The van der Waals surface area contributed by atoms with Crippen LogP contribution in [0.15, 0.2) is 95.4 Å². The maximum Gasteiger partial charge on any atom is 0.417 e. The van der Waals surface area contributed by atoms with E-state index in [0.717, 1.165) is 32.7 Å². The lowest BCUT2D eigenvalue weighted by Gasteiger charge is -2.24. The van der Waals surface area contributed by atoms with Gasteiger partial charge < -0.3 is 19.0 Å². The van der Waals surface area contributed by atoms with Crippen LogP contribution in [0.5, 0.6) is 0 Å². The Morgan fingerprint density at radius 3 is 2.44 bits per heavy atom. The molecule has 1 N–H and O–H groups in total. The molecule has 1 aromatic heterocycles. The van der Waals surface area contributed by atoms with E-state index >= 15 is 0 Å². The zero-order chi connectivity index (χ0) is 30.2. The number of cyclic esters (lactones) is 1. The highest BCUT2D eigenvalue weighted by atomic mass is 16.6. The van der Waals surface area contributed by atoms with Crippen molar-refractivity contribution in [2.24, 2.45) is 5.92 Å². The molecule has 1 aliphatic rings. The molecule has 5 rings (SSSR count). The summed E-state index contributed by atoms with van der Waals surface area (Å²) in [6, 6.07) is 27.4. The summed E-state index contributed by atoms with van der Waals surface area (Å²) in [5.74, 6) is -1.68. The summed E-state index contributed by atoms with van der Waals surface area (Å²) in [5, 5.41) is 9.00. The smallest absolute Gasteiger partial charge is 0.417 e. The van der Waals surface area contributed by atoms with Crippen molar-refractivity contribution in [3.05, 3.63) is 119 Å². The normalized spacial score (nSPS) is 15.3. The molecule has 3 aromatic carbocycles. The van der Waals surface area contributed by atoms with Gasteiger partial charge in [0, 0.05) is 18.6 Å². The molecule has 1 fully saturated rings. The summed E-state index contributed by atoms with van der Waals surface area (Å²) in [6.45, 7) is 2.62. The van der Waals surface area contributed by atoms with Crippen molar-refractivity contribution in [3.63, 3.8) is 0 Å². The Hall–Kier alpha value is -4.53. The van der Waals surface area contributed by atoms with Gasteiger partial charge in [-0.05, 0) is 42.5 Å². The number of aryl methyl sites for hydroxylation is 2. The van der Waals surface area contributed by atoms with Crippen molar-refractivity contribution in [2.45, 2.75) is 32.2 Å². The molecule has 8 heteroatoms. The third-order valence-corrected chi connectivity index (χ3v) is 7.50. The van der Waals surface area contributed by atoms with Crippen LogP contribution in [0.3, 0.4) is 0 Å². The molecule has 1 saturated heterocycles. The maximum absolute atomic E-state index is 14.2. The Bertz CT molecular complexity index is 1550. The summed E-state index contributed by atoms with van der Waals surface area (Å²) in [7, 11) is 0. The quantitative estimate of drug-likeness (QED) is 0.118. The fourth-order valence-corrected chi connectivity index (χ4v) is 5.36. The average Bonchev–Trinajstić information content (AvgIpc) is 3.64. The van der Waals surface area contributed by atoms with Gasteiger partial charge in [-0.15, -0.1) is 0 Å². The lowest BCUT2D eigenvalue weighted by Crippen LogP contribution is -2.42. The van der Waals surface area contributed by atoms with Crippen LogP contribution in [-0.4, -0.2) is 54.2 Å². The molecule has 1 aliphatic heterocycles. The number of hydrogen-bond donors (Lipinski definition) is 1. The number of rotatable bonds is 13. The highest BCUT2D eigenvalue weighted by molar-refractivity contribution is 6.12. The summed E-state index contributed by atoms with van der Waals surface area (Å²) < 4.78 is 16.9. The van der Waals surface area contributed by atoms with Gasteiger partial charge in [0.2, 0.25) is 11.7 Å². The number of hydrogen-bond acceptors (Lipinski definition) is 7. The first-order valence-corrected chi connectivity index (χ1v) is 14.5. The highest BCUT2D eigenvalue weighted by Gasteiger charge is 2.44. The third kappa shape index (κ3) is 7.10. The van der Waals surface area contributed by atoms with Crippen LogP contribution in [-0.2, 0) is 27.1 Å². The minimum absolute atomic E-state index is 0.0155. The van der Waals surface area contributed by atoms with E-state index in [9.17, 15) is 14.4 Å². The predicted molar refractivity (Wildman–Crippen MR) is 160 cm³/mol. The predicted octanol–water partition coefficient (Wildman–Crippen LogP) is 5.96. The van der Waals surface area contributed by atoms with E-state index in [1.807, 2.05) is 91.9 Å². The first kappa shape index (κ1) is 29.9. The number of Topliss-reactive ketones (excluding diaryl/α,β-unsaturated/α-hetero) is 1. The molecule has 4 aromatic rings. The van der Waals surface area contributed by atoms with E-state index in [0.29, 0.717) is 25.2 Å². The van der Waals surface area contributed by atoms with Gasteiger partial charge >= 0.3 is 6.09 Å². The topological polar surface area (TPSA) is 106 Å². The molecule has 0 radical (unpaired) electrons. The summed E-state index contributed by atoms with van der Waals surface area (Å²) in [5.41, 5.74) is 4.25. The van der Waals surface area contributed by atoms with Crippen molar-refractivity contribution in [1.29, 1.82) is 0 Å². The third-order valence-electron chi connectivity index (χ3n) is 7.50. The van der Waals surface area contributed by atoms with E-state index in [-0.39, 0.29) is 32.0 Å². The van der Waals surface area contributed by atoms with Crippen LogP contribution in [0.25, 0.3) is 11.1 Å². The zero-order valence-electron chi connectivity index (χ0n) is 24.1. The molecule has 0 bridgehead atoms. The standard InChI is InChI=1S/C35H35NO7/c1-24-10-8-15-27(20-24)28-22-32(43-31(28)16-9-18-41-19-17-37)33(38)29(21-25-11-4-2-5-12-25)34(39)36-30(23-42-35(36)40)26-13-6-3-7-14-26/h2-8,10-15,20,22,29-30,37H,9,16-19,21,23H2,1H3/t29-,30-/m1/s1. The molecular formula is C35H35NO7. The van der Waals surface area contributed by atoms with E-state index < -0.39 is 29.7 Å². The van der Waals surface area contributed by atoms with Gasteiger partial charge in [0.25, 0.3) is 0 Å². The van der Waals surface area contributed by atoms with Gasteiger partial charge in [0.1, 0.15) is 24.3 Å². The Kier molecular flexibility index (Phi) is 9.81. The van der Waals surface area contributed by atoms with Crippen LogP contribution in [0.1, 0.15) is 45.5 Å². The number of imide groups is 1. The Morgan fingerprint density at radius 2 is 1.72 bits per heavy atom. The maximum atomic E-state index is 14.2. The minimum atomic E-state index is -1.21. The fourth-order valence-electron chi connectivity index (χ4n) is 5.36. The number of aliphatic hydroxyl groups is 1. The Balaban J connectivity index is 1.50. The van der Waals surface area contributed by atoms with Gasteiger partial charge in [0.05, 0.1) is 13.2 Å². The van der Waals surface area contributed by atoms with Crippen LogP contribution < -0.4 is 0 Å². The first-order valence-electron chi connectivity index (χ1n) is 14.5. The number of benzene rings is 3.